The summed E-state index contributed by atoms with van der Waals surface area (Å²) >= 11 is 6.31. The van der Waals surface area contributed by atoms with E-state index in [0.717, 1.165) is 22.6 Å². The van der Waals surface area contributed by atoms with Crippen LogP contribution in [0.15, 0.2) is 60.7 Å². The Morgan fingerprint density at radius 3 is 2.57 bits per heavy atom. The molecule has 0 bridgehead atoms. The van der Waals surface area contributed by atoms with E-state index < -0.39 is 5.97 Å². The standard InChI is InChI=1S/C23H21ClO4/c1-15-6-5-8-17(14-15)28-21-9-4-3-7-16(21)10-11-18-19(24)12-13-20(25)22(18)23(26)27-2/h3-9,12-14,25H,10-11H2,1-2H3. The van der Waals surface area contributed by atoms with Crippen LogP contribution in [0.25, 0.3) is 0 Å². The topological polar surface area (TPSA) is 55.8 Å². The van der Waals surface area contributed by atoms with Gasteiger partial charge in [-0.1, -0.05) is 41.9 Å². The van der Waals surface area contributed by atoms with E-state index in [9.17, 15) is 9.90 Å². The van der Waals surface area contributed by atoms with Crippen molar-refractivity contribution in [2.24, 2.45) is 0 Å². The Labute approximate surface area is 169 Å². The predicted octanol–water partition coefficient (Wildman–Crippen LogP) is 5.72. The highest BCUT2D eigenvalue weighted by Crippen LogP contribution is 2.32. The van der Waals surface area contributed by atoms with Gasteiger partial charge in [0.1, 0.15) is 22.8 Å². The zero-order valence-electron chi connectivity index (χ0n) is 15.7. The maximum Gasteiger partial charge on any atom is 0.341 e. The maximum atomic E-state index is 12.1. The molecule has 0 unspecified atom stereocenters. The molecular formula is C23H21ClO4. The Balaban J connectivity index is 1.87. The fourth-order valence-corrected chi connectivity index (χ4v) is 3.31. The first-order valence-corrected chi connectivity index (χ1v) is 9.28. The molecule has 0 saturated heterocycles. The van der Waals surface area contributed by atoms with Crippen molar-refractivity contribution in [3.8, 4) is 17.2 Å². The Hall–Kier alpha value is -2.98. The number of carbonyl (C=O) groups excluding carboxylic acids is 1. The molecule has 0 aromatic heterocycles. The van der Waals surface area contributed by atoms with Gasteiger partial charge in [0.2, 0.25) is 0 Å². The second kappa shape index (κ2) is 8.81. The van der Waals surface area contributed by atoms with Crippen molar-refractivity contribution in [2.45, 2.75) is 19.8 Å². The molecule has 3 rings (SSSR count). The third-order valence-electron chi connectivity index (χ3n) is 4.46. The summed E-state index contributed by atoms with van der Waals surface area (Å²) in [6, 6.07) is 18.5. The fourth-order valence-electron chi connectivity index (χ4n) is 3.06. The van der Waals surface area contributed by atoms with Gasteiger partial charge in [-0.25, -0.2) is 4.79 Å². The summed E-state index contributed by atoms with van der Waals surface area (Å²) in [5.41, 5.74) is 2.74. The van der Waals surface area contributed by atoms with Crippen LogP contribution in [0.5, 0.6) is 17.2 Å². The molecule has 4 nitrogen and oxygen atoms in total. The van der Waals surface area contributed by atoms with Crippen LogP contribution in [-0.4, -0.2) is 18.2 Å². The minimum absolute atomic E-state index is 0.104. The summed E-state index contributed by atoms with van der Waals surface area (Å²) in [4.78, 5) is 12.1. The van der Waals surface area contributed by atoms with Gasteiger partial charge in [0, 0.05) is 5.02 Å². The summed E-state index contributed by atoms with van der Waals surface area (Å²) < 4.78 is 10.9. The van der Waals surface area contributed by atoms with Crippen molar-refractivity contribution in [3.05, 3.63) is 87.9 Å². The van der Waals surface area contributed by atoms with E-state index in [1.807, 2.05) is 55.5 Å². The average molecular weight is 397 g/mol. The SMILES string of the molecule is COC(=O)c1c(O)ccc(Cl)c1CCc1ccccc1Oc1cccc(C)c1. The number of esters is 1. The van der Waals surface area contributed by atoms with E-state index in [1.54, 1.807) is 6.07 Å². The molecule has 0 fully saturated rings. The summed E-state index contributed by atoms with van der Waals surface area (Å²) in [7, 11) is 1.28. The van der Waals surface area contributed by atoms with E-state index in [0.29, 0.717) is 23.4 Å². The number of aryl methyl sites for hydroxylation is 2. The summed E-state index contributed by atoms with van der Waals surface area (Å²) in [6.45, 7) is 2.01. The number of carbonyl (C=O) groups is 1. The van der Waals surface area contributed by atoms with Crippen molar-refractivity contribution in [1.82, 2.24) is 0 Å². The molecule has 3 aromatic carbocycles. The molecule has 0 aliphatic heterocycles. The maximum absolute atomic E-state index is 12.1. The number of methoxy groups -OCH3 is 1. The van der Waals surface area contributed by atoms with Crippen molar-refractivity contribution < 1.29 is 19.4 Å². The highest BCUT2D eigenvalue weighted by Gasteiger charge is 2.20. The highest BCUT2D eigenvalue weighted by atomic mass is 35.5. The highest BCUT2D eigenvalue weighted by molar-refractivity contribution is 6.32. The molecule has 0 saturated carbocycles. The van der Waals surface area contributed by atoms with Crippen molar-refractivity contribution >= 4 is 17.6 Å². The number of hydrogen-bond donors (Lipinski definition) is 1. The van der Waals surface area contributed by atoms with E-state index in [1.165, 1.54) is 13.2 Å². The van der Waals surface area contributed by atoms with Crippen LogP contribution in [0.4, 0.5) is 0 Å². The molecular weight excluding hydrogens is 376 g/mol. The normalized spacial score (nSPS) is 10.5. The van der Waals surface area contributed by atoms with Crippen molar-refractivity contribution in [3.63, 3.8) is 0 Å². The van der Waals surface area contributed by atoms with Gasteiger partial charge >= 0.3 is 5.97 Å². The number of phenols is 1. The van der Waals surface area contributed by atoms with Crippen LogP contribution in [0.2, 0.25) is 5.02 Å². The first-order valence-electron chi connectivity index (χ1n) is 8.90. The van der Waals surface area contributed by atoms with Gasteiger partial charge in [-0.3, -0.25) is 0 Å². The largest absolute Gasteiger partial charge is 0.507 e. The lowest BCUT2D eigenvalue weighted by atomic mass is 9.98. The van der Waals surface area contributed by atoms with E-state index in [4.69, 9.17) is 21.1 Å². The lowest BCUT2D eigenvalue weighted by Gasteiger charge is -2.14. The lowest BCUT2D eigenvalue weighted by molar-refractivity contribution is 0.0596. The van der Waals surface area contributed by atoms with Gasteiger partial charge in [-0.2, -0.15) is 0 Å². The zero-order valence-corrected chi connectivity index (χ0v) is 16.5. The van der Waals surface area contributed by atoms with Crippen LogP contribution < -0.4 is 4.74 Å². The molecule has 0 amide bonds. The monoisotopic (exact) mass is 396 g/mol. The van der Waals surface area contributed by atoms with Gasteiger partial charge in [-0.05, 0) is 66.8 Å². The number of halogens is 1. The molecule has 0 aliphatic rings. The molecule has 0 heterocycles. The number of phenolic OH excluding ortho intramolecular Hbond substituents is 1. The number of hydrogen-bond acceptors (Lipinski definition) is 4. The molecule has 0 spiro atoms. The third-order valence-corrected chi connectivity index (χ3v) is 4.81. The van der Waals surface area contributed by atoms with Gasteiger partial charge in [-0.15, -0.1) is 0 Å². The van der Waals surface area contributed by atoms with E-state index in [-0.39, 0.29) is 11.3 Å². The first-order chi connectivity index (χ1) is 13.5. The van der Waals surface area contributed by atoms with Gasteiger partial charge in [0.15, 0.2) is 0 Å². The first kappa shape index (κ1) is 19.8. The van der Waals surface area contributed by atoms with Gasteiger partial charge in [0.25, 0.3) is 0 Å². The molecule has 0 radical (unpaired) electrons. The summed E-state index contributed by atoms with van der Waals surface area (Å²) in [5.74, 6) is 0.747. The molecule has 3 aromatic rings. The van der Waals surface area contributed by atoms with Gasteiger partial charge < -0.3 is 14.6 Å². The molecule has 0 aliphatic carbocycles. The van der Waals surface area contributed by atoms with E-state index in [2.05, 4.69) is 0 Å². The smallest absolute Gasteiger partial charge is 0.341 e. The molecule has 144 valence electrons. The minimum Gasteiger partial charge on any atom is -0.507 e. The molecule has 0 atom stereocenters. The average Bonchev–Trinajstić information content (AvgIpc) is 2.69. The number of para-hydroxylation sites is 1. The molecule has 5 heteroatoms. The van der Waals surface area contributed by atoms with Crippen LogP contribution in [0.1, 0.15) is 27.0 Å². The number of rotatable bonds is 6. The quantitative estimate of drug-likeness (QED) is 0.541. The van der Waals surface area contributed by atoms with E-state index >= 15 is 0 Å². The Kier molecular flexibility index (Phi) is 6.22. The second-order valence-electron chi connectivity index (χ2n) is 6.44. The fraction of sp³-hybridized carbons (Fsp3) is 0.174. The van der Waals surface area contributed by atoms with Crippen molar-refractivity contribution in [2.75, 3.05) is 7.11 Å². The van der Waals surface area contributed by atoms with Crippen molar-refractivity contribution in [1.29, 1.82) is 0 Å². The second-order valence-corrected chi connectivity index (χ2v) is 6.85. The molecule has 28 heavy (non-hydrogen) atoms. The summed E-state index contributed by atoms with van der Waals surface area (Å²) in [5, 5.41) is 10.5. The van der Waals surface area contributed by atoms with Gasteiger partial charge in [0.05, 0.1) is 7.11 Å². The third kappa shape index (κ3) is 4.46. The van der Waals surface area contributed by atoms with Crippen LogP contribution >= 0.6 is 11.6 Å². The minimum atomic E-state index is -0.612. The lowest BCUT2D eigenvalue weighted by Crippen LogP contribution is -2.08. The zero-order chi connectivity index (χ0) is 20.1. The Morgan fingerprint density at radius 2 is 1.82 bits per heavy atom. The van der Waals surface area contributed by atoms with Crippen LogP contribution in [0.3, 0.4) is 0 Å². The Bertz CT molecular complexity index is 998. The number of benzene rings is 3. The molecule has 1 N–H and O–H groups in total. The number of aromatic hydroxyl groups is 1. The predicted molar refractivity (Wildman–Crippen MR) is 110 cm³/mol. The van der Waals surface area contributed by atoms with Crippen LogP contribution in [0, 0.1) is 6.92 Å². The summed E-state index contributed by atoms with van der Waals surface area (Å²) in [6.07, 6.45) is 1.03. The Morgan fingerprint density at radius 1 is 1.04 bits per heavy atom. The number of ether oxygens (including phenoxy) is 2. The van der Waals surface area contributed by atoms with Crippen LogP contribution in [-0.2, 0) is 17.6 Å².